The number of benzene rings is 3. The normalized spacial score (nSPS) is 11.9. The summed E-state index contributed by atoms with van der Waals surface area (Å²) in [6.45, 7) is 5.47. The van der Waals surface area contributed by atoms with Crippen LogP contribution in [0.2, 0.25) is 5.02 Å². The lowest BCUT2D eigenvalue weighted by Crippen LogP contribution is -2.51. The fraction of sp³-hybridized carbons (Fsp3) is 0.333. The number of hydrogen-bond donors (Lipinski definition) is 1. The quantitative estimate of drug-likeness (QED) is 0.279. The van der Waals surface area contributed by atoms with Crippen LogP contribution < -0.4 is 14.4 Å². The van der Waals surface area contributed by atoms with Crippen molar-refractivity contribution in [3.63, 3.8) is 0 Å². The number of hydrogen-bond acceptors (Lipinski definition) is 5. The first-order chi connectivity index (χ1) is 19.1. The molecule has 0 spiro atoms. The van der Waals surface area contributed by atoms with Gasteiger partial charge < -0.3 is 15.0 Å². The summed E-state index contributed by atoms with van der Waals surface area (Å²) in [5.41, 5.74) is 1.72. The first-order valence-electron chi connectivity index (χ1n) is 13.1. The highest BCUT2D eigenvalue weighted by atomic mass is 35.5. The number of carbonyl (C=O) groups excluding carboxylic acids is 2. The highest BCUT2D eigenvalue weighted by Crippen LogP contribution is 2.33. The number of nitrogens with zero attached hydrogens (tertiary/aromatic N) is 2. The fourth-order valence-electron chi connectivity index (χ4n) is 4.18. The van der Waals surface area contributed by atoms with Crippen molar-refractivity contribution < 1.29 is 22.7 Å². The zero-order valence-corrected chi connectivity index (χ0v) is 24.8. The topological polar surface area (TPSA) is 96.0 Å². The van der Waals surface area contributed by atoms with Crippen molar-refractivity contribution in [3.05, 3.63) is 88.9 Å². The molecule has 3 rings (SSSR count). The lowest BCUT2D eigenvalue weighted by Gasteiger charge is -2.32. The van der Waals surface area contributed by atoms with Crippen LogP contribution >= 0.6 is 11.6 Å². The van der Waals surface area contributed by atoms with Crippen molar-refractivity contribution in [1.29, 1.82) is 0 Å². The zero-order valence-electron chi connectivity index (χ0n) is 23.3. The summed E-state index contributed by atoms with van der Waals surface area (Å²) in [4.78, 5) is 28.5. The lowest BCUT2D eigenvalue weighted by atomic mass is 10.1. The number of ether oxygens (including phenoxy) is 1. The summed E-state index contributed by atoms with van der Waals surface area (Å²) in [6, 6.07) is 19.1. The van der Waals surface area contributed by atoms with Crippen LogP contribution in [0, 0.1) is 6.92 Å². The Morgan fingerprint density at radius 3 is 2.40 bits per heavy atom. The Labute approximate surface area is 241 Å². The molecule has 0 radical (unpaired) electrons. The van der Waals surface area contributed by atoms with Gasteiger partial charge in [0.05, 0.1) is 17.7 Å². The van der Waals surface area contributed by atoms with Crippen LogP contribution in [0.4, 0.5) is 5.69 Å². The molecule has 0 saturated heterocycles. The Kier molecular flexibility index (Phi) is 11.0. The highest BCUT2D eigenvalue weighted by Gasteiger charge is 2.33. The first kappa shape index (κ1) is 31.0. The fourth-order valence-corrected chi connectivity index (χ4v) is 5.83. The van der Waals surface area contributed by atoms with Gasteiger partial charge >= 0.3 is 0 Å². The van der Waals surface area contributed by atoms with Crippen molar-refractivity contribution in [2.24, 2.45) is 0 Å². The molecule has 10 heteroatoms. The Morgan fingerprint density at radius 1 is 1.02 bits per heavy atom. The molecule has 0 fully saturated rings. The molecule has 2 amide bonds. The maximum absolute atomic E-state index is 14.0. The molecule has 0 saturated carbocycles. The molecule has 8 nitrogen and oxygen atoms in total. The number of amides is 2. The van der Waals surface area contributed by atoms with E-state index in [0.29, 0.717) is 22.9 Å². The van der Waals surface area contributed by atoms with Crippen molar-refractivity contribution in [2.45, 2.75) is 51.1 Å². The van der Waals surface area contributed by atoms with E-state index in [-0.39, 0.29) is 23.0 Å². The van der Waals surface area contributed by atoms with Crippen LogP contribution in [-0.4, -0.2) is 51.4 Å². The van der Waals surface area contributed by atoms with E-state index in [4.69, 9.17) is 16.3 Å². The second-order valence-corrected chi connectivity index (χ2v) is 11.8. The molecule has 0 aliphatic heterocycles. The second kappa shape index (κ2) is 14.2. The van der Waals surface area contributed by atoms with Crippen LogP contribution in [0.15, 0.2) is 77.7 Å². The minimum Gasteiger partial charge on any atom is -0.495 e. The molecule has 3 aromatic carbocycles. The Hall–Kier alpha value is -3.56. The van der Waals surface area contributed by atoms with Gasteiger partial charge in [-0.1, -0.05) is 61.3 Å². The van der Waals surface area contributed by atoms with E-state index in [2.05, 4.69) is 5.32 Å². The predicted molar refractivity (Wildman–Crippen MR) is 158 cm³/mol. The number of carbonyl (C=O) groups is 2. The minimum atomic E-state index is -4.19. The molecule has 0 bridgehead atoms. The third kappa shape index (κ3) is 7.76. The number of rotatable bonds is 13. The summed E-state index contributed by atoms with van der Waals surface area (Å²) in [7, 11) is -2.75. The van der Waals surface area contributed by atoms with Crippen LogP contribution in [-0.2, 0) is 26.2 Å². The van der Waals surface area contributed by atoms with Gasteiger partial charge in [0, 0.05) is 18.1 Å². The third-order valence-corrected chi connectivity index (χ3v) is 8.46. The van der Waals surface area contributed by atoms with Gasteiger partial charge in [-0.25, -0.2) is 8.42 Å². The minimum absolute atomic E-state index is 0.0260. The maximum Gasteiger partial charge on any atom is 0.264 e. The van der Waals surface area contributed by atoms with E-state index in [1.807, 2.05) is 13.8 Å². The summed E-state index contributed by atoms with van der Waals surface area (Å²) in [5, 5.41) is 3.36. The number of sulfonamides is 1. The zero-order chi connectivity index (χ0) is 29.3. The van der Waals surface area contributed by atoms with Crippen molar-refractivity contribution in [3.8, 4) is 5.75 Å². The van der Waals surface area contributed by atoms with E-state index in [0.717, 1.165) is 22.7 Å². The van der Waals surface area contributed by atoms with E-state index >= 15 is 0 Å². The third-order valence-electron chi connectivity index (χ3n) is 6.45. The first-order valence-corrected chi connectivity index (χ1v) is 14.9. The molecule has 3 aromatic rings. The van der Waals surface area contributed by atoms with Crippen LogP contribution in [0.1, 0.15) is 37.8 Å². The largest absolute Gasteiger partial charge is 0.495 e. The van der Waals surface area contributed by atoms with Crippen molar-refractivity contribution >= 4 is 39.1 Å². The molecule has 214 valence electrons. The highest BCUT2D eigenvalue weighted by molar-refractivity contribution is 7.92. The Morgan fingerprint density at radius 2 is 1.75 bits per heavy atom. The van der Waals surface area contributed by atoms with Crippen molar-refractivity contribution in [2.75, 3.05) is 24.5 Å². The number of methoxy groups -OCH3 is 1. The molecule has 1 N–H and O–H groups in total. The number of halogens is 1. The molecular formula is C30H36ClN3O5S. The van der Waals surface area contributed by atoms with Gasteiger partial charge in [-0.2, -0.15) is 0 Å². The van der Waals surface area contributed by atoms with Crippen LogP contribution in [0.3, 0.4) is 0 Å². The molecular weight excluding hydrogens is 550 g/mol. The van der Waals surface area contributed by atoms with Crippen molar-refractivity contribution in [1.82, 2.24) is 10.2 Å². The summed E-state index contributed by atoms with van der Waals surface area (Å²) < 4.78 is 34.4. The van der Waals surface area contributed by atoms with E-state index < -0.39 is 28.5 Å². The summed E-state index contributed by atoms with van der Waals surface area (Å²) in [5.74, 6) is -0.583. The lowest BCUT2D eigenvalue weighted by molar-refractivity contribution is -0.139. The standard InChI is InChI=1S/C30H36ClN3O5S/c1-5-6-17-32-30(36)23(3)33(20-24-11-10-12-25(31)19-24)29(35)21-34(27-18-22(2)15-16-28(27)39-4)40(37,38)26-13-8-7-9-14-26/h7-16,18-19,23H,5-6,17,20-21H2,1-4H3,(H,32,36)/t23-/m0/s1. The van der Waals surface area contributed by atoms with Gasteiger partial charge in [-0.05, 0) is 67.8 Å². The molecule has 0 aliphatic rings. The van der Waals surface area contributed by atoms with Gasteiger partial charge in [0.15, 0.2) is 0 Å². The Bertz CT molecular complexity index is 1420. The molecule has 1 atom stereocenters. The maximum atomic E-state index is 14.0. The van der Waals surface area contributed by atoms with E-state index in [9.17, 15) is 18.0 Å². The van der Waals surface area contributed by atoms with Gasteiger partial charge in [-0.3, -0.25) is 13.9 Å². The second-order valence-electron chi connectivity index (χ2n) is 9.47. The van der Waals surface area contributed by atoms with E-state index in [1.54, 1.807) is 67.6 Å². The van der Waals surface area contributed by atoms with Crippen LogP contribution in [0.5, 0.6) is 5.75 Å². The average molecular weight is 586 g/mol. The molecule has 0 unspecified atom stereocenters. The Balaban J connectivity index is 2.06. The number of anilines is 1. The molecule has 0 heterocycles. The van der Waals surface area contributed by atoms with Gasteiger partial charge in [-0.15, -0.1) is 0 Å². The van der Waals surface area contributed by atoms with Gasteiger partial charge in [0.2, 0.25) is 11.8 Å². The number of aryl methyl sites for hydroxylation is 1. The van der Waals surface area contributed by atoms with Gasteiger partial charge in [0.25, 0.3) is 10.0 Å². The van der Waals surface area contributed by atoms with E-state index in [1.165, 1.54) is 24.1 Å². The summed E-state index contributed by atoms with van der Waals surface area (Å²) in [6.07, 6.45) is 1.71. The molecule has 0 aromatic heterocycles. The van der Waals surface area contributed by atoms with Gasteiger partial charge in [0.1, 0.15) is 18.3 Å². The SMILES string of the molecule is CCCCNC(=O)[C@H](C)N(Cc1cccc(Cl)c1)C(=O)CN(c1cc(C)ccc1OC)S(=O)(=O)c1ccccc1. The number of unbranched alkanes of at least 4 members (excludes halogenated alkanes) is 1. The monoisotopic (exact) mass is 585 g/mol. The summed E-state index contributed by atoms with van der Waals surface area (Å²) >= 11 is 6.19. The number of nitrogens with one attached hydrogen (secondary N) is 1. The molecule has 0 aliphatic carbocycles. The molecule has 40 heavy (non-hydrogen) atoms. The smallest absolute Gasteiger partial charge is 0.264 e. The predicted octanol–water partition coefficient (Wildman–Crippen LogP) is 5.19. The average Bonchev–Trinajstić information content (AvgIpc) is 2.94. The van der Waals surface area contributed by atoms with Crippen LogP contribution in [0.25, 0.3) is 0 Å².